The molecule has 0 radical (unpaired) electrons. The van der Waals surface area contributed by atoms with Crippen LogP contribution in [0.1, 0.15) is 66.2 Å². The molecular formula is C19H38N2. The summed E-state index contributed by atoms with van der Waals surface area (Å²) in [4.78, 5) is 2.72. The quantitative estimate of drug-likeness (QED) is 0.791. The fraction of sp³-hybridized carbons (Fsp3) is 1.00. The van der Waals surface area contributed by atoms with Crippen molar-refractivity contribution in [2.45, 2.75) is 72.3 Å². The lowest BCUT2D eigenvalue weighted by Gasteiger charge is -2.41. The third-order valence-corrected chi connectivity index (χ3v) is 5.54. The van der Waals surface area contributed by atoms with E-state index < -0.39 is 0 Å². The SMILES string of the molecule is CC(C)CN1CC(NCC2CCCCC2)CC(C(C)C)C1. The maximum atomic E-state index is 3.94. The fourth-order valence-corrected chi connectivity index (χ4v) is 4.25. The molecule has 2 nitrogen and oxygen atoms in total. The number of piperidine rings is 1. The van der Waals surface area contributed by atoms with Crippen molar-refractivity contribution in [2.75, 3.05) is 26.2 Å². The molecule has 1 aliphatic heterocycles. The maximum Gasteiger partial charge on any atom is 0.0198 e. The lowest BCUT2D eigenvalue weighted by Crippen LogP contribution is -2.52. The number of nitrogens with zero attached hydrogens (tertiary/aromatic N) is 1. The van der Waals surface area contributed by atoms with E-state index in [1.54, 1.807) is 0 Å². The van der Waals surface area contributed by atoms with Crippen molar-refractivity contribution < 1.29 is 0 Å². The van der Waals surface area contributed by atoms with Gasteiger partial charge >= 0.3 is 0 Å². The molecule has 2 rings (SSSR count). The summed E-state index contributed by atoms with van der Waals surface area (Å²) in [7, 11) is 0. The smallest absolute Gasteiger partial charge is 0.0198 e. The first-order chi connectivity index (χ1) is 10.0. The zero-order valence-electron chi connectivity index (χ0n) is 14.9. The average molecular weight is 295 g/mol. The van der Waals surface area contributed by atoms with E-state index in [4.69, 9.17) is 0 Å². The summed E-state index contributed by atoms with van der Waals surface area (Å²) >= 11 is 0. The minimum Gasteiger partial charge on any atom is -0.312 e. The van der Waals surface area contributed by atoms with Gasteiger partial charge in [0.25, 0.3) is 0 Å². The fourth-order valence-electron chi connectivity index (χ4n) is 4.25. The summed E-state index contributed by atoms with van der Waals surface area (Å²) in [6, 6.07) is 0.729. The second-order valence-corrected chi connectivity index (χ2v) is 8.46. The first kappa shape index (κ1) is 17.3. The van der Waals surface area contributed by atoms with Crippen molar-refractivity contribution in [3.05, 3.63) is 0 Å². The number of likely N-dealkylation sites (tertiary alicyclic amines) is 1. The van der Waals surface area contributed by atoms with E-state index in [1.807, 2.05) is 0 Å². The van der Waals surface area contributed by atoms with E-state index >= 15 is 0 Å². The van der Waals surface area contributed by atoms with Gasteiger partial charge in [0.05, 0.1) is 0 Å². The van der Waals surface area contributed by atoms with Gasteiger partial charge < -0.3 is 10.2 Å². The van der Waals surface area contributed by atoms with Gasteiger partial charge in [0.1, 0.15) is 0 Å². The molecule has 1 heterocycles. The van der Waals surface area contributed by atoms with E-state index in [0.29, 0.717) is 0 Å². The third kappa shape index (κ3) is 5.90. The number of rotatable bonds is 6. The summed E-state index contributed by atoms with van der Waals surface area (Å²) in [6.07, 6.45) is 8.71. The first-order valence-corrected chi connectivity index (χ1v) is 9.50. The van der Waals surface area contributed by atoms with E-state index in [9.17, 15) is 0 Å². The van der Waals surface area contributed by atoms with Crippen LogP contribution >= 0.6 is 0 Å². The normalized spacial score (nSPS) is 29.4. The molecule has 2 unspecified atom stereocenters. The highest BCUT2D eigenvalue weighted by Gasteiger charge is 2.29. The number of hydrogen-bond donors (Lipinski definition) is 1. The summed E-state index contributed by atoms with van der Waals surface area (Å²) in [5, 5.41) is 3.94. The zero-order chi connectivity index (χ0) is 15.2. The second-order valence-electron chi connectivity index (χ2n) is 8.46. The van der Waals surface area contributed by atoms with Crippen molar-refractivity contribution in [3.63, 3.8) is 0 Å². The highest BCUT2D eigenvalue weighted by Crippen LogP contribution is 2.26. The van der Waals surface area contributed by atoms with Gasteiger partial charge in [0.2, 0.25) is 0 Å². The van der Waals surface area contributed by atoms with Crippen LogP contribution in [-0.4, -0.2) is 37.1 Å². The molecule has 0 spiro atoms. The molecule has 2 heteroatoms. The minimum atomic E-state index is 0.729. The van der Waals surface area contributed by atoms with Crippen LogP contribution in [0.15, 0.2) is 0 Å². The summed E-state index contributed by atoms with van der Waals surface area (Å²) in [6.45, 7) is 14.6. The summed E-state index contributed by atoms with van der Waals surface area (Å²) < 4.78 is 0. The second kappa shape index (κ2) is 8.53. The van der Waals surface area contributed by atoms with Crippen LogP contribution in [0.25, 0.3) is 0 Å². The highest BCUT2D eigenvalue weighted by atomic mass is 15.2. The molecule has 2 fully saturated rings. The van der Waals surface area contributed by atoms with Crippen LogP contribution in [0, 0.1) is 23.7 Å². The molecule has 1 aliphatic carbocycles. The molecule has 2 atom stereocenters. The van der Waals surface area contributed by atoms with Gasteiger partial charge in [-0.25, -0.2) is 0 Å². The Morgan fingerprint density at radius 3 is 2.33 bits per heavy atom. The predicted octanol–water partition coefficient (Wildman–Crippen LogP) is 4.16. The molecule has 0 aromatic carbocycles. The number of nitrogens with one attached hydrogen (secondary N) is 1. The third-order valence-electron chi connectivity index (χ3n) is 5.54. The van der Waals surface area contributed by atoms with Crippen LogP contribution < -0.4 is 5.32 Å². The largest absolute Gasteiger partial charge is 0.312 e. The van der Waals surface area contributed by atoms with Crippen LogP contribution in [0.3, 0.4) is 0 Å². The lowest BCUT2D eigenvalue weighted by molar-refractivity contribution is 0.102. The van der Waals surface area contributed by atoms with E-state index in [0.717, 1.165) is 29.7 Å². The average Bonchev–Trinajstić information content (AvgIpc) is 2.45. The number of hydrogen-bond acceptors (Lipinski definition) is 2. The molecule has 2 aliphatic rings. The summed E-state index contributed by atoms with van der Waals surface area (Å²) in [5.41, 5.74) is 0. The topological polar surface area (TPSA) is 15.3 Å². The van der Waals surface area contributed by atoms with E-state index in [-0.39, 0.29) is 0 Å². The molecule has 1 saturated heterocycles. The van der Waals surface area contributed by atoms with Crippen molar-refractivity contribution in [1.29, 1.82) is 0 Å². The van der Waals surface area contributed by atoms with Crippen LogP contribution in [0.4, 0.5) is 0 Å². The van der Waals surface area contributed by atoms with Gasteiger partial charge in [0, 0.05) is 25.7 Å². The molecule has 1 N–H and O–H groups in total. The summed E-state index contributed by atoms with van der Waals surface area (Å²) in [5.74, 6) is 3.44. The van der Waals surface area contributed by atoms with E-state index in [2.05, 4.69) is 37.9 Å². The van der Waals surface area contributed by atoms with Gasteiger partial charge in [0.15, 0.2) is 0 Å². The van der Waals surface area contributed by atoms with Crippen molar-refractivity contribution in [2.24, 2.45) is 23.7 Å². The molecule has 0 aromatic rings. The molecule has 124 valence electrons. The van der Waals surface area contributed by atoms with Crippen molar-refractivity contribution in [1.82, 2.24) is 10.2 Å². The standard InChI is InChI=1S/C19H38N2/c1-15(2)12-21-13-18(16(3)4)10-19(14-21)20-11-17-8-6-5-7-9-17/h15-20H,5-14H2,1-4H3. The molecule has 1 saturated carbocycles. The Hall–Kier alpha value is -0.0800. The first-order valence-electron chi connectivity index (χ1n) is 9.50. The molecule has 0 amide bonds. The maximum absolute atomic E-state index is 3.94. The monoisotopic (exact) mass is 294 g/mol. The predicted molar refractivity (Wildman–Crippen MR) is 92.6 cm³/mol. The Bertz CT molecular complexity index is 281. The van der Waals surface area contributed by atoms with Gasteiger partial charge in [-0.3, -0.25) is 0 Å². The highest BCUT2D eigenvalue weighted by molar-refractivity contribution is 4.86. The van der Waals surface area contributed by atoms with Crippen LogP contribution in [0.5, 0.6) is 0 Å². The zero-order valence-corrected chi connectivity index (χ0v) is 14.9. The van der Waals surface area contributed by atoms with Gasteiger partial charge in [-0.15, -0.1) is 0 Å². The Labute approximate surface area is 133 Å². The Morgan fingerprint density at radius 1 is 1.00 bits per heavy atom. The Balaban J connectivity index is 1.81. The molecular weight excluding hydrogens is 256 g/mol. The van der Waals surface area contributed by atoms with Gasteiger partial charge in [-0.1, -0.05) is 47.0 Å². The molecule has 21 heavy (non-hydrogen) atoms. The van der Waals surface area contributed by atoms with Gasteiger partial charge in [-0.05, 0) is 49.5 Å². The van der Waals surface area contributed by atoms with E-state index in [1.165, 1.54) is 64.7 Å². The van der Waals surface area contributed by atoms with Crippen molar-refractivity contribution >= 4 is 0 Å². The lowest BCUT2D eigenvalue weighted by atomic mass is 9.84. The molecule has 0 bridgehead atoms. The Kier molecular flexibility index (Phi) is 7.01. The van der Waals surface area contributed by atoms with Crippen LogP contribution in [0.2, 0.25) is 0 Å². The Morgan fingerprint density at radius 2 is 1.71 bits per heavy atom. The minimum absolute atomic E-state index is 0.729. The molecule has 0 aromatic heterocycles. The van der Waals surface area contributed by atoms with Gasteiger partial charge in [-0.2, -0.15) is 0 Å². The van der Waals surface area contributed by atoms with Crippen molar-refractivity contribution in [3.8, 4) is 0 Å². The van der Waals surface area contributed by atoms with Crippen LogP contribution in [-0.2, 0) is 0 Å².